The first-order valence-corrected chi connectivity index (χ1v) is 7.56. The maximum atomic E-state index is 12.3. The summed E-state index contributed by atoms with van der Waals surface area (Å²) in [6.45, 7) is 0.702. The van der Waals surface area contributed by atoms with Gasteiger partial charge in [-0.2, -0.15) is 0 Å². The summed E-state index contributed by atoms with van der Waals surface area (Å²) in [5, 5.41) is 2.72. The molecule has 0 bridgehead atoms. The van der Waals surface area contributed by atoms with Crippen molar-refractivity contribution in [1.29, 1.82) is 0 Å². The SMILES string of the molecule is NC1(C(=O)NCC(=O)N2CCc3ccccc32)CCCC1. The van der Waals surface area contributed by atoms with Gasteiger partial charge < -0.3 is 16.0 Å². The summed E-state index contributed by atoms with van der Waals surface area (Å²) in [6, 6.07) is 7.89. The fraction of sp³-hybridized carbons (Fsp3) is 0.500. The topological polar surface area (TPSA) is 75.4 Å². The van der Waals surface area contributed by atoms with Gasteiger partial charge in [0.1, 0.15) is 0 Å². The monoisotopic (exact) mass is 287 g/mol. The van der Waals surface area contributed by atoms with E-state index in [1.165, 1.54) is 5.56 Å². The summed E-state index contributed by atoms with van der Waals surface area (Å²) in [4.78, 5) is 26.2. The van der Waals surface area contributed by atoms with Gasteiger partial charge in [-0.15, -0.1) is 0 Å². The number of carbonyl (C=O) groups excluding carboxylic acids is 2. The minimum atomic E-state index is -0.775. The second-order valence-electron chi connectivity index (χ2n) is 5.97. The molecule has 0 radical (unpaired) electrons. The molecule has 1 aliphatic carbocycles. The number of nitrogens with zero attached hydrogens (tertiary/aromatic N) is 1. The predicted molar refractivity (Wildman–Crippen MR) is 80.9 cm³/mol. The maximum Gasteiger partial charge on any atom is 0.246 e. The molecule has 0 spiro atoms. The molecule has 3 N–H and O–H groups in total. The van der Waals surface area contributed by atoms with Gasteiger partial charge in [-0.25, -0.2) is 0 Å². The minimum Gasteiger partial charge on any atom is -0.345 e. The number of hydrogen-bond donors (Lipinski definition) is 2. The van der Waals surface area contributed by atoms with Gasteiger partial charge in [-0.1, -0.05) is 31.0 Å². The maximum absolute atomic E-state index is 12.3. The van der Waals surface area contributed by atoms with Crippen molar-refractivity contribution < 1.29 is 9.59 Å². The highest BCUT2D eigenvalue weighted by Crippen LogP contribution is 2.28. The van der Waals surface area contributed by atoms with E-state index in [1.54, 1.807) is 4.90 Å². The number of para-hydroxylation sites is 1. The Balaban J connectivity index is 1.59. The third kappa shape index (κ3) is 2.65. The Kier molecular flexibility index (Phi) is 3.68. The number of amides is 2. The molecule has 112 valence electrons. The zero-order valence-electron chi connectivity index (χ0n) is 12.1. The van der Waals surface area contributed by atoms with Gasteiger partial charge in [-0.05, 0) is 30.9 Å². The van der Waals surface area contributed by atoms with Crippen LogP contribution < -0.4 is 16.0 Å². The van der Waals surface area contributed by atoms with Crippen LogP contribution in [0.15, 0.2) is 24.3 Å². The van der Waals surface area contributed by atoms with E-state index in [2.05, 4.69) is 5.32 Å². The average molecular weight is 287 g/mol. The summed E-state index contributed by atoms with van der Waals surface area (Å²) in [5.74, 6) is -0.268. The van der Waals surface area contributed by atoms with Crippen LogP contribution >= 0.6 is 0 Å². The molecule has 1 aliphatic heterocycles. The molecule has 1 heterocycles. The quantitative estimate of drug-likeness (QED) is 0.869. The van der Waals surface area contributed by atoms with Gasteiger partial charge in [0, 0.05) is 12.2 Å². The Hall–Kier alpha value is -1.88. The Labute approximate surface area is 124 Å². The van der Waals surface area contributed by atoms with Gasteiger partial charge in [0.05, 0.1) is 12.1 Å². The fourth-order valence-corrected chi connectivity index (χ4v) is 3.26. The van der Waals surface area contributed by atoms with Crippen LogP contribution in [0.4, 0.5) is 5.69 Å². The molecule has 0 saturated heterocycles. The highest BCUT2D eigenvalue weighted by Gasteiger charge is 2.37. The molecular weight excluding hydrogens is 266 g/mol. The van der Waals surface area contributed by atoms with Gasteiger partial charge in [0.25, 0.3) is 0 Å². The number of hydrogen-bond acceptors (Lipinski definition) is 3. The molecule has 5 heteroatoms. The largest absolute Gasteiger partial charge is 0.345 e. The summed E-state index contributed by atoms with van der Waals surface area (Å²) in [7, 11) is 0. The van der Waals surface area contributed by atoms with Crippen LogP contribution in [0.1, 0.15) is 31.2 Å². The first-order valence-electron chi connectivity index (χ1n) is 7.56. The first-order chi connectivity index (χ1) is 10.1. The minimum absolute atomic E-state index is 0.0200. The highest BCUT2D eigenvalue weighted by molar-refractivity contribution is 5.99. The molecule has 1 fully saturated rings. The number of nitrogens with two attached hydrogens (primary N) is 1. The molecule has 0 unspecified atom stereocenters. The van der Waals surface area contributed by atoms with E-state index in [0.29, 0.717) is 19.4 Å². The van der Waals surface area contributed by atoms with Crippen molar-refractivity contribution in [2.24, 2.45) is 5.73 Å². The Morgan fingerprint density at radius 2 is 1.95 bits per heavy atom. The number of nitrogens with one attached hydrogen (secondary N) is 1. The van der Waals surface area contributed by atoms with E-state index in [0.717, 1.165) is 24.9 Å². The van der Waals surface area contributed by atoms with Crippen molar-refractivity contribution in [3.8, 4) is 0 Å². The van der Waals surface area contributed by atoms with Crippen LogP contribution in [0.2, 0.25) is 0 Å². The fourth-order valence-electron chi connectivity index (χ4n) is 3.26. The third-order valence-corrected chi connectivity index (χ3v) is 4.54. The third-order valence-electron chi connectivity index (χ3n) is 4.54. The zero-order valence-corrected chi connectivity index (χ0v) is 12.1. The molecule has 2 amide bonds. The van der Waals surface area contributed by atoms with Crippen molar-refractivity contribution in [3.63, 3.8) is 0 Å². The molecule has 3 rings (SSSR count). The van der Waals surface area contributed by atoms with Crippen LogP contribution in [-0.4, -0.2) is 30.4 Å². The van der Waals surface area contributed by atoms with E-state index >= 15 is 0 Å². The van der Waals surface area contributed by atoms with E-state index in [-0.39, 0.29) is 18.4 Å². The number of anilines is 1. The van der Waals surface area contributed by atoms with Crippen molar-refractivity contribution in [3.05, 3.63) is 29.8 Å². The number of benzene rings is 1. The lowest BCUT2D eigenvalue weighted by Gasteiger charge is -2.23. The van der Waals surface area contributed by atoms with Gasteiger partial charge >= 0.3 is 0 Å². The Bertz CT molecular complexity index is 564. The summed E-state index contributed by atoms with van der Waals surface area (Å²) >= 11 is 0. The Morgan fingerprint density at radius 3 is 2.71 bits per heavy atom. The molecule has 21 heavy (non-hydrogen) atoms. The van der Waals surface area contributed by atoms with Crippen LogP contribution in [-0.2, 0) is 16.0 Å². The summed E-state index contributed by atoms with van der Waals surface area (Å²) in [5.41, 5.74) is 7.45. The average Bonchev–Trinajstić information content (AvgIpc) is 3.11. The Morgan fingerprint density at radius 1 is 1.24 bits per heavy atom. The standard InChI is InChI=1S/C16H21N3O2/c17-16(8-3-4-9-16)15(21)18-11-14(20)19-10-7-12-5-1-2-6-13(12)19/h1-2,5-6H,3-4,7-11,17H2,(H,18,21). The van der Waals surface area contributed by atoms with Crippen molar-refractivity contribution in [1.82, 2.24) is 5.32 Å². The van der Waals surface area contributed by atoms with Crippen LogP contribution in [0, 0.1) is 0 Å². The predicted octanol–water partition coefficient (Wildman–Crippen LogP) is 0.963. The van der Waals surface area contributed by atoms with Crippen LogP contribution in [0.3, 0.4) is 0 Å². The highest BCUT2D eigenvalue weighted by atomic mass is 16.2. The molecule has 1 saturated carbocycles. The lowest BCUT2D eigenvalue weighted by atomic mass is 9.98. The molecule has 2 aliphatic rings. The van der Waals surface area contributed by atoms with Gasteiger partial charge in [0.15, 0.2) is 0 Å². The summed E-state index contributed by atoms with van der Waals surface area (Å²) in [6.07, 6.45) is 4.25. The van der Waals surface area contributed by atoms with Gasteiger partial charge in [0.2, 0.25) is 11.8 Å². The molecule has 5 nitrogen and oxygen atoms in total. The zero-order chi connectivity index (χ0) is 14.9. The van der Waals surface area contributed by atoms with Gasteiger partial charge in [-0.3, -0.25) is 9.59 Å². The normalized spacial score (nSPS) is 19.4. The van der Waals surface area contributed by atoms with E-state index < -0.39 is 5.54 Å². The number of fused-ring (bicyclic) bond motifs is 1. The molecule has 1 aromatic rings. The molecule has 1 aromatic carbocycles. The van der Waals surface area contributed by atoms with E-state index in [1.807, 2.05) is 24.3 Å². The summed E-state index contributed by atoms with van der Waals surface area (Å²) < 4.78 is 0. The lowest BCUT2D eigenvalue weighted by Crippen LogP contribution is -2.53. The van der Waals surface area contributed by atoms with Crippen molar-refractivity contribution in [2.45, 2.75) is 37.6 Å². The molecule has 0 aromatic heterocycles. The second-order valence-corrected chi connectivity index (χ2v) is 5.97. The van der Waals surface area contributed by atoms with Crippen LogP contribution in [0.25, 0.3) is 0 Å². The number of carbonyl (C=O) groups is 2. The van der Waals surface area contributed by atoms with E-state index in [9.17, 15) is 9.59 Å². The number of rotatable bonds is 3. The molecule has 0 atom stereocenters. The molecular formula is C16H21N3O2. The first kappa shape index (κ1) is 14.1. The smallest absolute Gasteiger partial charge is 0.246 e. The second kappa shape index (κ2) is 5.48. The van der Waals surface area contributed by atoms with E-state index in [4.69, 9.17) is 5.73 Å². The van der Waals surface area contributed by atoms with Crippen LogP contribution in [0.5, 0.6) is 0 Å². The lowest BCUT2D eigenvalue weighted by molar-refractivity contribution is -0.128. The van der Waals surface area contributed by atoms with Crippen molar-refractivity contribution in [2.75, 3.05) is 18.0 Å². The van der Waals surface area contributed by atoms with Crippen molar-refractivity contribution >= 4 is 17.5 Å².